The van der Waals surface area contributed by atoms with E-state index in [1.54, 1.807) is 30.0 Å². The Morgan fingerprint density at radius 2 is 2.04 bits per heavy atom. The zero-order chi connectivity index (χ0) is 16.7. The van der Waals surface area contributed by atoms with Gasteiger partial charge < -0.3 is 10.4 Å². The van der Waals surface area contributed by atoms with Crippen LogP contribution in [0.2, 0.25) is 5.02 Å². The van der Waals surface area contributed by atoms with Crippen LogP contribution in [-0.4, -0.2) is 23.3 Å². The molecule has 0 aliphatic rings. The molecule has 0 saturated carbocycles. The Hall–Kier alpha value is -1.49. The maximum absolute atomic E-state index is 12.3. The number of hydrogen-bond donors (Lipinski definition) is 2. The summed E-state index contributed by atoms with van der Waals surface area (Å²) < 4.78 is 0. The lowest BCUT2D eigenvalue weighted by atomic mass is 10.1. The van der Waals surface area contributed by atoms with E-state index in [0.717, 1.165) is 16.2 Å². The van der Waals surface area contributed by atoms with Gasteiger partial charge >= 0.3 is 0 Å². The molecule has 0 bridgehead atoms. The molecule has 0 aliphatic heterocycles. The van der Waals surface area contributed by atoms with Crippen molar-refractivity contribution in [3.63, 3.8) is 0 Å². The highest BCUT2D eigenvalue weighted by Gasteiger charge is 2.12. The van der Waals surface area contributed by atoms with Crippen LogP contribution in [0.5, 0.6) is 0 Å². The molecule has 5 heteroatoms. The van der Waals surface area contributed by atoms with Crippen LogP contribution in [0.3, 0.4) is 0 Å². The zero-order valence-electron chi connectivity index (χ0n) is 13.0. The predicted octanol–water partition coefficient (Wildman–Crippen LogP) is 4.31. The van der Waals surface area contributed by atoms with Crippen LogP contribution in [0.1, 0.15) is 35.4 Å². The van der Waals surface area contributed by atoms with E-state index in [2.05, 4.69) is 12.2 Å². The number of aliphatic hydroxyl groups excluding tert-OH is 1. The number of amides is 1. The minimum atomic E-state index is -0.644. The average Bonchev–Trinajstić information content (AvgIpc) is 2.55. The molecule has 0 fully saturated rings. The molecule has 1 atom stereocenters. The highest BCUT2D eigenvalue weighted by Crippen LogP contribution is 2.22. The number of nitrogens with one attached hydrogen (secondary N) is 1. The second-order valence-corrected chi connectivity index (χ2v) is 6.79. The third kappa shape index (κ3) is 5.27. The number of rotatable bonds is 7. The molecule has 0 heterocycles. The fraction of sp³-hybridized carbons (Fsp3) is 0.278. The van der Waals surface area contributed by atoms with Gasteiger partial charge in [-0.05, 0) is 42.0 Å². The van der Waals surface area contributed by atoms with Crippen LogP contribution < -0.4 is 5.32 Å². The van der Waals surface area contributed by atoms with Gasteiger partial charge in [-0.1, -0.05) is 42.8 Å². The Morgan fingerprint density at radius 1 is 1.26 bits per heavy atom. The minimum absolute atomic E-state index is 0.111. The lowest BCUT2D eigenvalue weighted by Crippen LogP contribution is -2.26. The monoisotopic (exact) mass is 349 g/mol. The molecule has 0 spiro atoms. The molecule has 1 amide bonds. The molecular formula is C18H20ClNO2S. The van der Waals surface area contributed by atoms with Gasteiger partial charge in [0.15, 0.2) is 0 Å². The normalized spacial score (nSPS) is 12.0. The van der Waals surface area contributed by atoms with Gasteiger partial charge in [0.2, 0.25) is 0 Å². The fourth-order valence-electron chi connectivity index (χ4n) is 2.23. The maximum Gasteiger partial charge on any atom is 0.252 e. The standard InChI is InChI=1S/C18H20ClNO2S/c1-2-23-17-9-4-3-8-15(17)18(22)20-11-10-16(21)13-6-5-7-14(19)12-13/h3-9,12,16,21H,2,10-11H2,1H3,(H,20,22). The minimum Gasteiger partial charge on any atom is -0.388 e. The van der Waals surface area contributed by atoms with E-state index in [4.69, 9.17) is 11.6 Å². The Bertz CT molecular complexity index is 663. The fourth-order valence-corrected chi connectivity index (χ4v) is 3.23. The SMILES string of the molecule is CCSc1ccccc1C(=O)NCCC(O)c1cccc(Cl)c1. The van der Waals surface area contributed by atoms with Crippen LogP contribution in [0.25, 0.3) is 0 Å². The first kappa shape index (κ1) is 17.9. The van der Waals surface area contributed by atoms with Gasteiger partial charge in [0.25, 0.3) is 5.91 Å². The summed E-state index contributed by atoms with van der Waals surface area (Å²) in [6.07, 6.45) is -0.205. The second kappa shape index (κ2) is 8.96. The molecule has 0 saturated heterocycles. The van der Waals surface area contributed by atoms with E-state index in [0.29, 0.717) is 23.6 Å². The van der Waals surface area contributed by atoms with Crippen molar-refractivity contribution in [2.45, 2.75) is 24.3 Å². The average molecular weight is 350 g/mol. The van der Waals surface area contributed by atoms with Crippen molar-refractivity contribution in [2.24, 2.45) is 0 Å². The third-order valence-electron chi connectivity index (χ3n) is 3.37. The van der Waals surface area contributed by atoms with Crippen molar-refractivity contribution in [3.05, 3.63) is 64.7 Å². The van der Waals surface area contributed by atoms with Crippen molar-refractivity contribution in [1.29, 1.82) is 0 Å². The van der Waals surface area contributed by atoms with Gasteiger partial charge in [0.05, 0.1) is 11.7 Å². The van der Waals surface area contributed by atoms with Crippen LogP contribution in [-0.2, 0) is 0 Å². The predicted molar refractivity (Wildman–Crippen MR) is 96.2 cm³/mol. The van der Waals surface area contributed by atoms with E-state index >= 15 is 0 Å². The number of thioether (sulfide) groups is 1. The molecule has 2 N–H and O–H groups in total. The molecule has 3 nitrogen and oxygen atoms in total. The lowest BCUT2D eigenvalue weighted by molar-refractivity contribution is 0.0939. The van der Waals surface area contributed by atoms with E-state index < -0.39 is 6.10 Å². The van der Waals surface area contributed by atoms with E-state index in [9.17, 15) is 9.90 Å². The van der Waals surface area contributed by atoms with Gasteiger partial charge in [-0.3, -0.25) is 4.79 Å². The van der Waals surface area contributed by atoms with Crippen molar-refractivity contribution in [3.8, 4) is 0 Å². The van der Waals surface area contributed by atoms with Crippen molar-refractivity contribution in [1.82, 2.24) is 5.32 Å². The number of halogens is 1. The van der Waals surface area contributed by atoms with Gasteiger partial charge in [-0.15, -0.1) is 11.8 Å². The largest absolute Gasteiger partial charge is 0.388 e. The third-order valence-corrected chi connectivity index (χ3v) is 4.56. The quantitative estimate of drug-likeness (QED) is 0.732. The van der Waals surface area contributed by atoms with Gasteiger partial charge in [0, 0.05) is 16.5 Å². The van der Waals surface area contributed by atoms with Gasteiger partial charge in [-0.2, -0.15) is 0 Å². The van der Waals surface area contributed by atoms with Crippen LogP contribution >= 0.6 is 23.4 Å². The first-order valence-corrected chi connectivity index (χ1v) is 8.91. The van der Waals surface area contributed by atoms with Crippen molar-refractivity contribution in [2.75, 3.05) is 12.3 Å². The molecule has 0 radical (unpaired) electrons. The van der Waals surface area contributed by atoms with Crippen LogP contribution in [0.4, 0.5) is 0 Å². The summed E-state index contributed by atoms with van der Waals surface area (Å²) in [5.74, 6) is 0.803. The Balaban J connectivity index is 1.90. The molecule has 2 aromatic rings. The summed E-state index contributed by atoms with van der Waals surface area (Å²) in [5.41, 5.74) is 1.44. The summed E-state index contributed by atoms with van der Waals surface area (Å²) in [5, 5.41) is 13.6. The first-order valence-electron chi connectivity index (χ1n) is 7.55. The smallest absolute Gasteiger partial charge is 0.252 e. The van der Waals surface area contributed by atoms with Crippen molar-refractivity contribution < 1.29 is 9.90 Å². The summed E-state index contributed by atoms with van der Waals surface area (Å²) in [7, 11) is 0. The van der Waals surface area contributed by atoms with Crippen molar-refractivity contribution >= 4 is 29.3 Å². The topological polar surface area (TPSA) is 49.3 Å². The van der Waals surface area contributed by atoms with Gasteiger partial charge in [0.1, 0.15) is 0 Å². The van der Waals surface area contributed by atoms with E-state index in [1.165, 1.54) is 0 Å². The van der Waals surface area contributed by atoms with Gasteiger partial charge in [-0.25, -0.2) is 0 Å². The first-order chi connectivity index (χ1) is 11.1. The molecule has 23 heavy (non-hydrogen) atoms. The number of benzene rings is 2. The highest BCUT2D eigenvalue weighted by atomic mass is 35.5. The molecule has 0 aromatic heterocycles. The lowest BCUT2D eigenvalue weighted by Gasteiger charge is -2.13. The summed E-state index contributed by atoms with van der Waals surface area (Å²) in [4.78, 5) is 13.3. The number of carbonyl (C=O) groups is 1. The van der Waals surface area contributed by atoms with Crippen LogP contribution in [0.15, 0.2) is 53.4 Å². The Morgan fingerprint density at radius 3 is 2.78 bits per heavy atom. The summed E-state index contributed by atoms with van der Waals surface area (Å²) >= 11 is 7.56. The zero-order valence-corrected chi connectivity index (χ0v) is 14.5. The molecule has 1 unspecified atom stereocenters. The molecule has 2 aromatic carbocycles. The Kier molecular flexibility index (Phi) is 6.96. The molecule has 2 rings (SSSR count). The highest BCUT2D eigenvalue weighted by molar-refractivity contribution is 7.99. The maximum atomic E-state index is 12.3. The van der Waals surface area contributed by atoms with E-state index in [1.807, 2.05) is 30.3 Å². The Labute approximate surface area is 146 Å². The number of carbonyl (C=O) groups excluding carboxylic acids is 1. The summed E-state index contributed by atoms with van der Waals surface area (Å²) in [6.45, 7) is 2.46. The molecule has 0 aliphatic carbocycles. The molecule has 122 valence electrons. The second-order valence-electron chi connectivity index (χ2n) is 5.04. The summed E-state index contributed by atoms with van der Waals surface area (Å²) in [6, 6.07) is 14.7. The number of hydrogen-bond acceptors (Lipinski definition) is 3. The number of aliphatic hydroxyl groups is 1. The van der Waals surface area contributed by atoms with Crippen LogP contribution in [0, 0.1) is 0 Å². The van der Waals surface area contributed by atoms with E-state index in [-0.39, 0.29) is 5.91 Å². The molecular weight excluding hydrogens is 330 g/mol.